The molecule has 0 amide bonds. The van der Waals surface area contributed by atoms with E-state index in [0.717, 1.165) is 5.56 Å². The summed E-state index contributed by atoms with van der Waals surface area (Å²) in [6.07, 6.45) is 0. The molecule has 0 aliphatic carbocycles. The Balaban J connectivity index is 2.02. The summed E-state index contributed by atoms with van der Waals surface area (Å²) in [7, 11) is 0. The summed E-state index contributed by atoms with van der Waals surface area (Å²) in [5.74, 6) is -0.154. The predicted molar refractivity (Wildman–Crippen MR) is 67.5 cm³/mol. The van der Waals surface area contributed by atoms with Crippen molar-refractivity contribution in [3.05, 3.63) is 29.8 Å². The van der Waals surface area contributed by atoms with Crippen LogP contribution in [0.3, 0.4) is 0 Å². The van der Waals surface area contributed by atoms with Crippen molar-refractivity contribution in [1.29, 1.82) is 0 Å². The maximum Gasteiger partial charge on any atom is 0.321 e. The number of rotatable bonds is 3. The molecular weight excluding hydrogens is 254 g/mol. The topological polar surface area (TPSA) is 75.6 Å². The van der Waals surface area contributed by atoms with E-state index in [2.05, 4.69) is 5.32 Å². The quantitative estimate of drug-likeness (QED) is 0.637. The molecule has 1 aliphatic heterocycles. The Kier molecular flexibility index (Phi) is 3.88. The molecule has 6 heteroatoms. The van der Waals surface area contributed by atoms with Gasteiger partial charge >= 0.3 is 11.9 Å². The number of benzene rings is 1. The van der Waals surface area contributed by atoms with E-state index in [1.54, 1.807) is 23.9 Å². The van der Waals surface area contributed by atoms with Gasteiger partial charge in [-0.1, -0.05) is 12.1 Å². The van der Waals surface area contributed by atoms with Gasteiger partial charge in [-0.05, 0) is 17.7 Å². The fourth-order valence-electron chi connectivity index (χ4n) is 1.68. The number of carboxylic acid groups (broad SMARTS) is 1. The molecule has 0 radical (unpaired) electrons. The van der Waals surface area contributed by atoms with Gasteiger partial charge in [0.2, 0.25) is 0 Å². The van der Waals surface area contributed by atoms with Gasteiger partial charge in [-0.25, -0.2) is 0 Å². The highest BCUT2D eigenvalue weighted by atomic mass is 32.2. The Labute approximate surface area is 109 Å². The minimum Gasteiger partial charge on any atom is -0.480 e. The zero-order valence-corrected chi connectivity index (χ0v) is 10.6. The van der Waals surface area contributed by atoms with Crippen LogP contribution in [0.5, 0.6) is 5.75 Å². The van der Waals surface area contributed by atoms with Crippen LogP contribution in [0.25, 0.3) is 0 Å². The highest BCUT2D eigenvalue weighted by Crippen LogP contribution is 2.33. The maximum atomic E-state index is 10.8. The molecule has 1 aliphatic rings. The molecule has 1 aromatic carbocycles. The molecule has 1 saturated heterocycles. The predicted octanol–water partition coefficient (Wildman–Crippen LogP) is 1.40. The third-order valence-electron chi connectivity index (χ3n) is 2.52. The second-order valence-electron chi connectivity index (χ2n) is 3.93. The molecule has 0 spiro atoms. The Hall–Kier alpha value is -1.53. The van der Waals surface area contributed by atoms with Gasteiger partial charge in [0.05, 0.1) is 5.37 Å². The van der Waals surface area contributed by atoms with E-state index in [0.29, 0.717) is 11.5 Å². The van der Waals surface area contributed by atoms with Crippen molar-refractivity contribution in [2.45, 2.75) is 18.3 Å². The highest BCUT2D eigenvalue weighted by Gasteiger charge is 2.30. The molecule has 1 fully saturated rings. The summed E-state index contributed by atoms with van der Waals surface area (Å²) in [6.45, 7) is 1.35. The number of hydrogen-bond donors (Lipinski definition) is 2. The molecule has 2 atom stereocenters. The highest BCUT2D eigenvalue weighted by molar-refractivity contribution is 7.99. The van der Waals surface area contributed by atoms with Crippen molar-refractivity contribution in [3.63, 3.8) is 0 Å². The van der Waals surface area contributed by atoms with E-state index in [4.69, 9.17) is 9.84 Å². The lowest BCUT2D eigenvalue weighted by Crippen LogP contribution is -2.33. The molecule has 1 heterocycles. The van der Waals surface area contributed by atoms with Crippen molar-refractivity contribution in [2.24, 2.45) is 0 Å². The monoisotopic (exact) mass is 267 g/mol. The lowest BCUT2D eigenvalue weighted by atomic mass is 10.2. The first kappa shape index (κ1) is 12.9. The molecule has 0 unspecified atom stereocenters. The molecule has 2 N–H and O–H groups in total. The first-order valence-electron chi connectivity index (χ1n) is 5.45. The van der Waals surface area contributed by atoms with Gasteiger partial charge in [0.15, 0.2) is 0 Å². The van der Waals surface area contributed by atoms with E-state index >= 15 is 0 Å². The van der Waals surface area contributed by atoms with E-state index < -0.39 is 12.0 Å². The molecule has 1 aromatic rings. The smallest absolute Gasteiger partial charge is 0.321 e. The second kappa shape index (κ2) is 5.41. The van der Waals surface area contributed by atoms with Gasteiger partial charge in [0.25, 0.3) is 0 Å². The van der Waals surface area contributed by atoms with Crippen molar-refractivity contribution in [3.8, 4) is 5.75 Å². The number of aliphatic carboxylic acids is 1. The van der Waals surface area contributed by atoms with Crippen LogP contribution in [0.1, 0.15) is 17.9 Å². The number of carbonyl (C=O) groups is 2. The Morgan fingerprint density at radius 1 is 1.39 bits per heavy atom. The molecular formula is C12H13NO4S. The first-order valence-corrected chi connectivity index (χ1v) is 6.50. The number of ether oxygens (including phenoxy) is 1. The number of carbonyl (C=O) groups excluding carboxylic acids is 1. The van der Waals surface area contributed by atoms with Crippen LogP contribution in [0.2, 0.25) is 0 Å². The number of hydrogen-bond acceptors (Lipinski definition) is 5. The van der Waals surface area contributed by atoms with Gasteiger partial charge < -0.3 is 9.84 Å². The number of carboxylic acids is 1. The largest absolute Gasteiger partial charge is 0.480 e. The van der Waals surface area contributed by atoms with E-state index in [1.807, 2.05) is 12.1 Å². The van der Waals surface area contributed by atoms with Crippen LogP contribution in [0.15, 0.2) is 24.3 Å². The second-order valence-corrected chi connectivity index (χ2v) is 5.07. The summed E-state index contributed by atoms with van der Waals surface area (Å²) in [5.41, 5.74) is 0.972. The average Bonchev–Trinajstić information content (AvgIpc) is 2.78. The standard InChI is InChI=1S/C12H13NO4S/c1-7(14)17-9-4-2-8(3-5-9)11-13-10(6-18-11)12(15)16/h2-5,10-11,13H,6H2,1H3,(H,15,16)/t10-,11-/m1/s1. The van der Waals surface area contributed by atoms with Crippen molar-refractivity contribution < 1.29 is 19.4 Å². The first-order chi connectivity index (χ1) is 8.56. The number of esters is 1. The van der Waals surface area contributed by atoms with Crippen molar-refractivity contribution in [1.82, 2.24) is 5.32 Å². The van der Waals surface area contributed by atoms with E-state index in [9.17, 15) is 9.59 Å². The van der Waals surface area contributed by atoms with Gasteiger partial charge in [0, 0.05) is 12.7 Å². The molecule has 0 aromatic heterocycles. The SMILES string of the molecule is CC(=O)Oc1ccc([C@@H]2N[C@@H](C(=O)O)CS2)cc1. The number of thioether (sulfide) groups is 1. The number of nitrogens with one attached hydrogen (secondary N) is 1. The zero-order valence-electron chi connectivity index (χ0n) is 9.75. The fraction of sp³-hybridized carbons (Fsp3) is 0.333. The Morgan fingerprint density at radius 3 is 2.56 bits per heavy atom. The molecule has 2 rings (SSSR count). The molecule has 5 nitrogen and oxygen atoms in total. The maximum absolute atomic E-state index is 10.8. The third kappa shape index (κ3) is 3.02. The normalized spacial score (nSPS) is 22.7. The van der Waals surface area contributed by atoms with Crippen LogP contribution in [0.4, 0.5) is 0 Å². The third-order valence-corrected chi connectivity index (χ3v) is 3.79. The van der Waals surface area contributed by atoms with Gasteiger partial charge in [-0.3, -0.25) is 14.9 Å². The lowest BCUT2D eigenvalue weighted by Gasteiger charge is -2.11. The van der Waals surface area contributed by atoms with Crippen LogP contribution in [-0.2, 0) is 9.59 Å². The lowest BCUT2D eigenvalue weighted by molar-refractivity contribution is -0.138. The molecule has 0 saturated carbocycles. The zero-order chi connectivity index (χ0) is 13.1. The molecule has 96 valence electrons. The van der Waals surface area contributed by atoms with Gasteiger partial charge in [0.1, 0.15) is 11.8 Å². The molecule has 18 heavy (non-hydrogen) atoms. The summed E-state index contributed by atoms with van der Waals surface area (Å²) in [5, 5.41) is 11.9. The minimum atomic E-state index is -0.832. The Bertz CT molecular complexity index is 460. The van der Waals surface area contributed by atoms with E-state index in [1.165, 1.54) is 6.92 Å². The summed E-state index contributed by atoms with van der Waals surface area (Å²) >= 11 is 1.55. The summed E-state index contributed by atoms with van der Waals surface area (Å²) < 4.78 is 4.93. The summed E-state index contributed by atoms with van der Waals surface area (Å²) in [4.78, 5) is 21.6. The van der Waals surface area contributed by atoms with E-state index in [-0.39, 0.29) is 11.3 Å². The van der Waals surface area contributed by atoms with Crippen LogP contribution >= 0.6 is 11.8 Å². The molecule has 0 bridgehead atoms. The van der Waals surface area contributed by atoms with Crippen LogP contribution in [0, 0.1) is 0 Å². The fourth-order valence-corrected chi connectivity index (χ4v) is 2.92. The van der Waals surface area contributed by atoms with Gasteiger partial charge in [-0.15, -0.1) is 11.8 Å². The van der Waals surface area contributed by atoms with Gasteiger partial charge in [-0.2, -0.15) is 0 Å². The van der Waals surface area contributed by atoms with Crippen LogP contribution < -0.4 is 10.1 Å². The minimum absolute atomic E-state index is 0.0301. The van der Waals surface area contributed by atoms with Crippen molar-refractivity contribution >= 4 is 23.7 Å². The van der Waals surface area contributed by atoms with Crippen LogP contribution in [-0.4, -0.2) is 28.8 Å². The van der Waals surface area contributed by atoms with Crippen molar-refractivity contribution in [2.75, 3.05) is 5.75 Å². The Morgan fingerprint density at radius 2 is 2.06 bits per heavy atom. The average molecular weight is 267 g/mol. The summed E-state index contributed by atoms with van der Waals surface area (Å²) in [6, 6.07) is 6.55.